The van der Waals surface area contributed by atoms with Crippen molar-refractivity contribution < 1.29 is 14.3 Å². The molecule has 1 aromatic heterocycles. The van der Waals surface area contributed by atoms with Crippen LogP contribution in [0.5, 0.6) is 0 Å². The van der Waals surface area contributed by atoms with Gasteiger partial charge in [-0.05, 0) is 43.5 Å². The van der Waals surface area contributed by atoms with Crippen molar-refractivity contribution in [1.29, 1.82) is 0 Å². The van der Waals surface area contributed by atoms with Gasteiger partial charge in [0.1, 0.15) is 11.4 Å². The Bertz CT molecular complexity index is 821. The first-order valence-corrected chi connectivity index (χ1v) is 8.51. The number of rotatable bonds is 5. The highest BCUT2D eigenvalue weighted by molar-refractivity contribution is 5.97. The number of halogens is 1. The minimum absolute atomic E-state index is 0.0232. The number of H-pyrrole nitrogens is 1. The van der Waals surface area contributed by atoms with Crippen LogP contribution in [0, 0.1) is 11.7 Å². The zero-order valence-corrected chi connectivity index (χ0v) is 13.9. The van der Waals surface area contributed by atoms with E-state index in [0.29, 0.717) is 24.5 Å². The van der Waals surface area contributed by atoms with E-state index in [1.807, 2.05) is 0 Å². The number of benzene rings is 1. The van der Waals surface area contributed by atoms with Crippen LogP contribution in [0.4, 0.5) is 4.39 Å². The summed E-state index contributed by atoms with van der Waals surface area (Å²) in [5.74, 6) is -0.690. The van der Waals surface area contributed by atoms with Crippen LogP contribution in [0.25, 0.3) is 10.9 Å². The third-order valence-corrected chi connectivity index (χ3v) is 4.66. The highest BCUT2D eigenvalue weighted by Gasteiger charge is 2.19. The van der Waals surface area contributed by atoms with Gasteiger partial charge < -0.3 is 20.3 Å². The summed E-state index contributed by atoms with van der Waals surface area (Å²) in [4.78, 5) is 29.7. The molecule has 1 amide bonds. The normalized spacial score (nSPS) is 18.4. The average molecular weight is 347 g/mol. The van der Waals surface area contributed by atoms with Crippen molar-refractivity contribution in [2.24, 2.45) is 5.92 Å². The monoisotopic (exact) mass is 347 g/mol. The van der Waals surface area contributed by atoms with Gasteiger partial charge in [-0.25, -0.2) is 4.39 Å². The Kier molecular flexibility index (Phi) is 5.45. The Balaban J connectivity index is 1.63. The van der Waals surface area contributed by atoms with Crippen LogP contribution in [-0.2, 0) is 0 Å². The predicted octanol–water partition coefficient (Wildman–Crippen LogP) is 1.10. The van der Waals surface area contributed by atoms with Crippen molar-refractivity contribution >= 4 is 16.8 Å². The molecule has 0 aliphatic carbocycles. The number of pyridine rings is 1. The fourth-order valence-electron chi connectivity index (χ4n) is 3.29. The molecular weight excluding hydrogens is 325 g/mol. The largest absolute Gasteiger partial charge is 0.396 e. The molecule has 0 bridgehead atoms. The van der Waals surface area contributed by atoms with Gasteiger partial charge >= 0.3 is 0 Å². The maximum absolute atomic E-state index is 13.3. The van der Waals surface area contributed by atoms with Crippen LogP contribution in [0.3, 0.4) is 0 Å². The first-order valence-electron chi connectivity index (χ1n) is 8.51. The van der Waals surface area contributed by atoms with Crippen LogP contribution >= 0.6 is 0 Å². The number of hydrogen-bond donors (Lipinski definition) is 3. The van der Waals surface area contributed by atoms with Crippen molar-refractivity contribution in [2.75, 3.05) is 32.8 Å². The van der Waals surface area contributed by atoms with E-state index in [-0.39, 0.29) is 17.6 Å². The second-order valence-electron chi connectivity index (χ2n) is 6.47. The molecule has 0 spiro atoms. The molecule has 0 saturated carbocycles. The van der Waals surface area contributed by atoms with E-state index in [2.05, 4.69) is 15.2 Å². The Labute approximate surface area is 144 Å². The summed E-state index contributed by atoms with van der Waals surface area (Å²) in [5, 5.41) is 12.2. The number of nitrogens with one attached hydrogen (secondary N) is 2. The lowest BCUT2D eigenvalue weighted by Gasteiger charge is -2.31. The lowest BCUT2D eigenvalue weighted by atomic mass is 9.99. The molecule has 1 atom stereocenters. The molecular formula is C18H22FN3O3. The number of carbonyl (C=O) groups is 1. The van der Waals surface area contributed by atoms with Gasteiger partial charge in [0.15, 0.2) is 0 Å². The minimum Gasteiger partial charge on any atom is -0.396 e. The summed E-state index contributed by atoms with van der Waals surface area (Å²) in [6.07, 6.45) is 3.43. The number of nitrogens with zero attached hydrogens (tertiary/aromatic N) is 1. The van der Waals surface area contributed by atoms with Crippen LogP contribution in [0.1, 0.15) is 23.2 Å². The minimum atomic E-state index is -0.515. The summed E-state index contributed by atoms with van der Waals surface area (Å²) in [7, 11) is 0. The van der Waals surface area contributed by atoms with Gasteiger partial charge in [-0.3, -0.25) is 9.59 Å². The van der Waals surface area contributed by atoms with E-state index in [0.717, 1.165) is 32.0 Å². The molecule has 1 aliphatic rings. The molecule has 3 N–H and O–H groups in total. The lowest BCUT2D eigenvalue weighted by molar-refractivity contribution is 0.0929. The van der Waals surface area contributed by atoms with Crippen molar-refractivity contribution in [2.45, 2.75) is 12.8 Å². The number of amides is 1. The second kappa shape index (κ2) is 7.76. The molecule has 1 fully saturated rings. The van der Waals surface area contributed by atoms with Crippen molar-refractivity contribution in [3.05, 3.63) is 46.0 Å². The molecule has 1 saturated heterocycles. The smallest absolute Gasteiger partial charge is 0.256 e. The Morgan fingerprint density at radius 2 is 2.28 bits per heavy atom. The second-order valence-corrected chi connectivity index (χ2v) is 6.47. The molecule has 25 heavy (non-hydrogen) atoms. The highest BCUT2D eigenvalue weighted by atomic mass is 19.1. The number of aromatic amines is 1. The molecule has 3 rings (SSSR count). The average Bonchev–Trinajstić information content (AvgIpc) is 2.62. The van der Waals surface area contributed by atoms with Crippen molar-refractivity contribution in [3.8, 4) is 0 Å². The van der Waals surface area contributed by atoms with E-state index in [4.69, 9.17) is 0 Å². The van der Waals surface area contributed by atoms with Gasteiger partial charge in [-0.1, -0.05) is 0 Å². The van der Waals surface area contributed by atoms with E-state index in [9.17, 15) is 19.1 Å². The molecule has 1 aliphatic heterocycles. The maximum Gasteiger partial charge on any atom is 0.256 e. The van der Waals surface area contributed by atoms with Crippen LogP contribution in [0.2, 0.25) is 0 Å². The number of fused-ring (bicyclic) bond motifs is 1. The summed E-state index contributed by atoms with van der Waals surface area (Å²) in [6.45, 7) is 3.04. The van der Waals surface area contributed by atoms with Gasteiger partial charge in [0, 0.05) is 43.3 Å². The molecule has 0 unspecified atom stereocenters. The topological polar surface area (TPSA) is 85.4 Å². The van der Waals surface area contributed by atoms with Crippen LogP contribution in [0.15, 0.2) is 29.2 Å². The zero-order valence-electron chi connectivity index (χ0n) is 13.9. The summed E-state index contributed by atoms with van der Waals surface area (Å²) in [6, 6.07) is 3.87. The van der Waals surface area contributed by atoms with Crippen LogP contribution < -0.4 is 10.7 Å². The van der Waals surface area contributed by atoms with E-state index in [1.54, 1.807) is 0 Å². The fraction of sp³-hybridized carbons (Fsp3) is 0.444. The predicted molar refractivity (Wildman–Crippen MR) is 93.1 cm³/mol. The van der Waals surface area contributed by atoms with E-state index >= 15 is 0 Å². The quantitative estimate of drug-likeness (QED) is 0.756. The van der Waals surface area contributed by atoms with Crippen molar-refractivity contribution in [1.82, 2.24) is 15.2 Å². The fourth-order valence-corrected chi connectivity index (χ4v) is 3.29. The number of aliphatic hydroxyl groups is 1. The molecule has 134 valence electrons. The van der Waals surface area contributed by atoms with Gasteiger partial charge in [-0.2, -0.15) is 0 Å². The van der Waals surface area contributed by atoms with Gasteiger partial charge in [-0.15, -0.1) is 0 Å². The van der Waals surface area contributed by atoms with Gasteiger partial charge in [0.05, 0.1) is 0 Å². The summed E-state index contributed by atoms with van der Waals surface area (Å²) in [5.41, 5.74) is -0.0136. The molecule has 6 nitrogen and oxygen atoms in total. The molecule has 7 heteroatoms. The number of aliphatic hydroxyl groups excluding tert-OH is 1. The molecule has 2 aromatic rings. The third kappa shape index (κ3) is 4.05. The number of aromatic nitrogens is 1. The molecule has 2 heterocycles. The molecule has 0 radical (unpaired) electrons. The van der Waals surface area contributed by atoms with E-state index < -0.39 is 17.2 Å². The Morgan fingerprint density at radius 1 is 1.44 bits per heavy atom. The zero-order chi connectivity index (χ0) is 17.8. The van der Waals surface area contributed by atoms with Crippen LogP contribution in [-0.4, -0.2) is 53.7 Å². The highest BCUT2D eigenvalue weighted by Crippen LogP contribution is 2.15. The summed E-state index contributed by atoms with van der Waals surface area (Å²) >= 11 is 0. The van der Waals surface area contributed by atoms with Crippen molar-refractivity contribution in [3.63, 3.8) is 0 Å². The standard InChI is InChI=1S/C18H22FN3O3/c19-13-3-4-16-14(8-13)17(24)15(9-21-16)18(25)20-5-7-22-6-1-2-12(10-22)11-23/h3-4,8-9,12,23H,1-2,5-7,10-11H2,(H,20,25)(H,21,24)/t12-/m1/s1. The number of carbonyl (C=O) groups excluding carboxylic acids is 1. The summed E-state index contributed by atoms with van der Waals surface area (Å²) < 4.78 is 13.3. The van der Waals surface area contributed by atoms with Gasteiger partial charge in [0.25, 0.3) is 5.91 Å². The van der Waals surface area contributed by atoms with E-state index in [1.165, 1.54) is 18.3 Å². The lowest BCUT2D eigenvalue weighted by Crippen LogP contribution is -2.42. The number of hydrogen-bond acceptors (Lipinski definition) is 4. The maximum atomic E-state index is 13.3. The Hall–Kier alpha value is -2.25. The number of piperidine rings is 1. The third-order valence-electron chi connectivity index (χ3n) is 4.66. The van der Waals surface area contributed by atoms with Gasteiger partial charge in [0.2, 0.25) is 5.43 Å². The first kappa shape index (κ1) is 17.6. The first-order chi connectivity index (χ1) is 12.1. The SMILES string of the molecule is O=C(NCCN1CCC[C@@H](CO)C1)c1c[nH]c2ccc(F)cc2c1=O. The Morgan fingerprint density at radius 3 is 3.08 bits per heavy atom. The molecule has 1 aromatic carbocycles. The number of likely N-dealkylation sites (tertiary alicyclic amines) is 1.